The Kier molecular flexibility index (Phi) is 6.08. The van der Waals surface area contributed by atoms with Crippen molar-refractivity contribution in [2.24, 2.45) is 13.0 Å². The Labute approximate surface area is 130 Å². The van der Waals surface area contributed by atoms with Crippen molar-refractivity contribution in [1.82, 2.24) is 14.8 Å². The average Bonchev–Trinajstić information content (AvgIpc) is 2.84. The van der Waals surface area contributed by atoms with E-state index in [4.69, 9.17) is 5.11 Å². The highest BCUT2D eigenvalue weighted by Crippen LogP contribution is 2.36. The van der Waals surface area contributed by atoms with Crippen LogP contribution in [0.25, 0.3) is 0 Å². The normalized spacial score (nSPS) is 22.4. The van der Waals surface area contributed by atoms with Crippen molar-refractivity contribution in [2.75, 3.05) is 5.75 Å². The van der Waals surface area contributed by atoms with Gasteiger partial charge >= 0.3 is 5.97 Å². The van der Waals surface area contributed by atoms with Gasteiger partial charge in [0.2, 0.25) is 0 Å². The van der Waals surface area contributed by atoms with Crippen molar-refractivity contribution < 1.29 is 9.90 Å². The third kappa shape index (κ3) is 4.73. The maximum Gasteiger partial charge on any atom is 0.313 e. The van der Waals surface area contributed by atoms with Gasteiger partial charge in [0, 0.05) is 13.0 Å². The molecule has 0 aromatic carbocycles. The summed E-state index contributed by atoms with van der Waals surface area (Å²) in [6.07, 6.45) is 8.88. The largest absolute Gasteiger partial charge is 0.481 e. The molecule has 1 N–H and O–H groups in total. The summed E-state index contributed by atoms with van der Waals surface area (Å²) in [7, 11) is 1.84. The summed E-state index contributed by atoms with van der Waals surface area (Å²) in [5.41, 5.74) is 0. The van der Waals surface area contributed by atoms with Crippen LogP contribution in [-0.4, -0.2) is 31.6 Å². The zero-order valence-electron chi connectivity index (χ0n) is 12.9. The van der Waals surface area contributed by atoms with Gasteiger partial charge < -0.3 is 5.11 Å². The van der Waals surface area contributed by atoms with Gasteiger partial charge in [0.25, 0.3) is 0 Å². The summed E-state index contributed by atoms with van der Waals surface area (Å²) in [5.74, 6) is 1.45. The fourth-order valence-electron chi connectivity index (χ4n) is 3.02. The molecule has 0 atom stereocenters. The number of nitrogens with zero attached hydrogens (tertiary/aromatic N) is 3. The van der Waals surface area contributed by atoms with E-state index < -0.39 is 5.97 Å². The molecule has 0 spiro atoms. The summed E-state index contributed by atoms with van der Waals surface area (Å²) < 4.78 is 1.71. The molecule has 1 heterocycles. The van der Waals surface area contributed by atoms with Crippen molar-refractivity contribution in [2.45, 2.75) is 62.9 Å². The van der Waals surface area contributed by atoms with Gasteiger partial charge in [0.05, 0.1) is 5.75 Å². The quantitative estimate of drug-likeness (QED) is 0.781. The highest BCUT2D eigenvalue weighted by atomic mass is 32.2. The van der Waals surface area contributed by atoms with Crippen molar-refractivity contribution in [3.05, 3.63) is 5.82 Å². The molecule has 1 aliphatic carbocycles. The Morgan fingerprint density at radius 2 is 2.10 bits per heavy atom. The smallest absolute Gasteiger partial charge is 0.313 e. The Hall–Kier alpha value is -1.04. The minimum Gasteiger partial charge on any atom is -0.481 e. The van der Waals surface area contributed by atoms with E-state index in [1.165, 1.54) is 56.7 Å². The van der Waals surface area contributed by atoms with Crippen LogP contribution in [0.2, 0.25) is 0 Å². The van der Waals surface area contributed by atoms with Crippen LogP contribution in [0.4, 0.5) is 0 Å². The molecule has 0 radical (unpaired) electrons. The standard InChI is InChI=1S/C15H25N3O2S/c1-3-4-5-11-6-8-12(9-7-11)14-16-15(18(2)17-14)21-10-13(19)20/h11-12H,3-10H2,1-2H3,(H,19,20). The van der Waals surface area contributed by atoms with E-state index in [1.54, 1.807) is 4.68 Å². The summed E-state index contributed by atoms with van der Waals surface area (Å²) in [6.45, 7) is 2.25. The molecular formula is C15H25N3O2S. The first-order chi connectivity index (χ1) is 10.1. The van der Waals surface area contributed by atoms with Crippen LogP contribution < -0.4 is 0 Å². The van der Waals surface area contributed by atoms with Gasteiger partial charge in [-0.3, -0.25) is 4.79 Å². The van der Waals surface area contributed by atoms with Crippen LogP contribution in [0.1, 0.15) is 63.6 Å². The number of aryl methyl sites for hydroxylation is 1. The Balaban J connectivity index is 1.88. The first kappa shape index (κ1) is 16.3. The lowest BCUT2D eigenvalue weighted by molar-refractivity contribution is -0.133. The summed E-state index contributed by atoms with van der Waals surface area (Å²) in [6, 6.07) is 0. The first-order valence-corrected chi connectivity index (χ1v) is 8.84. The summed E-state index contributed by atoms with van der Waals surface area (Å²) in [5, 5.41) is 13.9. The number of carboxylic acid groups (broad SMARTS) is 1. The lowest BCUT2D eigenvalue weighted by Crippen LogP contribution is -2.14. The molecule has 2 rings (SSSR count). The molecule has 118 valence electrons. The highest BCUT2D eigenvalue weighted by Gasteiger charge is 2.25. The predicted octanol–water partition coefficient (Wildman–Crippen LogP) is 3.46. The van der Waals surface area contributed by atoms with Crippen LogP contribution in [0.15, 0.2) is 5.16 Å². The molecule has 0 bridgehead atoms. The van der Waals surface area contributed by atoms with Gasteiger partial charge in [-0.25, -0.2) is 9.67 Å². The SMILES string of the molecule is CCCCC1CCC(c2nc(SCC(=O)O)n(C)n2)CC1. The minimum absolute atomic E-state index is 0.0374. The Morgan fingerprint density at radius 3 is 2.71 bits per heavy atom. The van der Waals surface area contributed by atoms with Crippen LogP contribution in [-0.2, 0) is 11.8 Å². The van der Waals surface area contributed by atoms with E-state index in [-0.39, 0.29) is 5.75 Å². The minimum atomic E-state index is -0.819. The third-order valence-electron chi connectivity index (χ3n) is 4.24. The van der Waals surface area contributed by atoms with Crippen molar-refractivity contribution in [3.8, 4) is 0 Å². The Bertz CT molecular complexity index is 467. The van der Waals surface area contributed by atoms with E-state index in [0.29, 0.717) is 11.1 Å². The van der Waals surface area contributed by atoms with Crippen LogP contribution >= 0.6 is 11.8 Å². The number of aliphatic carboxylic acids is 1. The number of hydrogen-bond donors (Lipinski definition) is 1. The molecule has 0 amide bonds. The van der Waals surface area contributed by atoms with Crippen LogP contribution in [0, 0.1) is 5.92 Å². The molecular weight excluding hydrogens is 286 g/mol. The fraction of sp³-hybridized carbons (Fsp3) is 0.800. The van der Waals surface area contributed by atoms with E-state index in [2.05, 4.69) is 17.0 Å². The predicted molar refractivity (Wildman–Crippen MR) is 83.6 cm³/mol. The first-order valence-electron chi connectivity index (χ1n) is 7.85. The lowest BCUT2D eigenvalue weighted by Gasteiger charge is -2.26. The second kappa shape index (κ2) is 7.82. The summed E-state index contributed by atoms with van der Waals surface area (Å²) in [4.78, 5) is 15.2. The number of carboxylic acids is 1. The van der Waals surface area contributed by atoms with Gasteiger partial charge in [0.15, 0.2) is 11.0 Å². The molecule has 1 aliphatic rings. The lowest BCUT2D eigenvalue weighted by atomic mass is 9.79. The molecule has 0 aliphatic heterocycles. The zero-order chi connectivity index (χ0) is 15.2. The number of hydrogen-bond acceptors (Lipinski definition) is 4. The molecule has 1 fully saturated rings. The monoisotopic (exact) mass is 311 g/mol. The topological polar surface area (TPSA) is 68.0 Å². The van der Waals surface area contributed by atoms with Gasteiger partial charge in [0.1, 0.15) is 0 Å². The molecule has 21 heavy (non-hydrogen) atoms. The molecule has 5 nitrogen and oxygen atoms in total. The third-order valence-corrected chi connectivity index (χ3v) is 5.25. The second-order valence-corrected chi connectivity index (χ2v) is 6.86. The number of rotatable bonds is 7. The Morgan fingerprint density at radius 1 is 1.38 bits per heavy atom. The average molecular weight is 311 g/mol. The van der Waals surface area contributed by atoms with E-state index in [1.807, 2.05) is 7.05 Å². The number of carbonyl (C=O) groups is 1. The van der Waals surface area contributed by atoms with Crippen molar-refractivity contribution in [3.63, 3.8) is 0 Å². The number of aromatic nitrogens is 3. The zero-order valence-corrected chi connectivity index (χ0v) is 13.7. The molecule has 1 aromatic heterocycles. The van der Waals surface area contributed by atoms with Gasteiger partial charge in [-0.05, 0) is 31.6 Å². The molecule has 0 saturated heterocycles. The van der Waals surface area contributed by atoms with Gasteiger partial charge in [-0.2, -0.15) is 5.10 Å². The molecule has 1 aromatic rings. The fourth-order valence-corrected chi connectivity index (χ4v) is 3.65. The molecule has 0 unspecified atom stereocenters. The van der Waals surface area contributed by atoms with E-state index >= 15 is 0 Å². The van der Waals surface area contributed by atoms with Crippen molar-refractivity contribution in [1.29, 1.82) is 0 Å². The van der Waals surface area contributed by atoms with Crippen LogP contribution in [0.3, 0.4) is 0 Å². The maximum atomic E-state index is 10.6. The summed E-state index contributed by atoms with van der Waals surface area (Å²) >= 11 is 1.24. The number of unbranched alkanes of at least 4 members (excludes halogenated alkanes) is 1. The molecule has 6 heteroatoms. The molecule has 1 saturated carbocycles. The van der Waals surface area contributed by atoms with E-state index in [0.717, 1.165) is 11.7 Å². The van der Waals surface area contributed by atoms with Gasteiger partial charge in [-0.1, -0.05) is 37.9 Å². The van der Waals surface area contributed by atoms with Crippen molar-refractivity contribution >= 4 is 17.7 Å². The second-order valence-electron chi connectivity index (χ2n) is 5.92. The number of thioether (sulfide) groups is 1. The van der Waals surface area contributed by atoms with Crippen LogP contribution in [0.5, 0.6) is 0 Å². The van der Waals surface area contributed by atoms with E-state index in [9.17, 15) is 4.79 Å². The van der Waals surface area contributed by atoms with Gasteiger partial charge in [-0.15, -0.1) is 0 Å². The maximum absolute atomic E-state index is 10.6. The highest BCUT2D eigenvalue weighted by molar-refractivity contribution is 7.99.